The molecule has 0 atom stereocenters. The lowest BCUT2D eigenvalue weighted by molar-refractivity contribution is -0.384. The fourth-order valence-electron chi connectivity index (χ4n) is 1.24. The molecule has 0 bridgehead atoms. The van der Waals surface area contributed by atoms with E-state index < -0.39 is 10.7 Å². The molecule has 1 N–H and O–H groups in total. The second-order valence-electron chi connectivity index (χ2n) is 3.77. The van der Waals surface area contributed by atoms with Crippen LogP contribution in [0.3, 0.4) is 0 Å². The summed E-state index contributed by atoms with van der Waals surface area (Å²) in [5.41, 5.74) is 0.0505. The van der Waals surface area contributed by atoms with E-state index in [2.05, 4.69) is 21.2 Å². The molecule has 0 saturated heterocycles. The van der Waals surface area contributed by atoms with Gasteiger partial charge in [-0.05, 0) is 36.1 Å². The van der Waals surface area contributed by atoms with Crippen LogP contribution in [0.5, 0.6) is 0 Å². The summed E-state index contributed by atoms with van der Waals surface area (Å²) >= 11 is 3.00. The molecule has 17 heavy (non-hydrogen) atoms. The van der Waals surface area contributed by atoms with Crippen molar-refractivity contribution >= 4 is 27.3 Å². The molecule has 0 aliphatic carbocycles. The molecule has 0 saturated carbocycles. The van der Waals surface area contributed by atoms with Crippen molar-refractivity contribution in [3.63, 3.8) is 0 Å². The number of benzene rings is 1. The summed E-state index contributed by atoms with van der Waals surface area (Å²) in [5.74, 6) is -0.644. The van der Waals surface area contributed by atoms with Crippen LogP contribution in [0.25, 0.3) is 0 Å². The second-order valence-corrected chi connectivity index (χ2v) is 4.62. The Labute approximate surface area is 107 Å². The van der Waals surface area contributed by atoms with E-state index in [1.54, 1.807) is 0 Å². The molecule has 0 amide bonds. The predicted octanol–water partition coefficient (Wildman–Crippen LogP) is 2.47. The Hall–Kier alpha value is -1.21. The minimum absolute atomic E-state index is 0.204. The first-order valence-corrected chi connectivity index (χ1v) is 5.73. The molecule has 1 aromatic rings. The lowest BCUT2D eigenvalue weighted by Crippen LogP contribution is -2.21. The van der Waals surface area contributed by atoms with Crippen molar-refractivity contribution in [3.05, 3.63) is 32.5 Å². The lowest BCUT2D eigenvalue weighted by Gasteiger charge is -2.11. The zero-order valence-electron chi connectivity index (χ0n) is 9.54. The molecule has 0 radical (unpaired) electrons. The van der Waals surface area contributed by atoms with Crippen molar-refractivity contribution in [2.75, 3.05) is 32.5 Å². The third-order valence-electron chi connectivity index (χ3n) is 2.11. The van der Waals surface area contributed by atoms with Crippen molar-refractivity contribution in [1.29, 1.82) is 0 Å². The van der Waals surface area contributed by atoms with Crippen LogP contribution in [0.15, 0.2) is 16.6 Å². The number of rotatable bonds is 5. The van der Waals surface area contributed by atoms with Gasteiger partial charge in [-0.25, -0.2) is 4.39 Å². The van der Waals surface area contributed by atoms with Crippen molar-refractivity contribution < 1.29 is 9.31 Å². The maximum atomic E-state index is 13.2. The number of nitro groups is 1. The van der Waals surface area contributed by atoms with Crippen LogP contribution in [0.2, 0.25) is 0 Å². The number of halogens is 2. The summed E-state index contributed by atoms with van der Waals surface area (Å²) in [6.07, 6.45) is 0. The first kappa shape index (κ1) is 13.9. The van der Waals surface area contributed by atoms with Gasteiger partial charge in [0.2, 0.25) is 0 Å². The number of nitrogens with one attached hydrogen (secondary N) is 1. The van der Waals surface area contributed by atoms with Crippen molar-refractivity contribution in [2.45, 2.75) is 0 Å². The highest BCUT2D eigenvalue weighted by atomic mass is 79.9. The third kappa shape index (κ3) is 3.94. The molecular formula is C10H13BrFN3O2. The monoisotopic (exact) mass is 305 g/mol. The third-order valence-corrected chi connectivity index (χ3v) is 2.72. The molecule has 0 spiro atoms. The number of anilines is 1. The van der Waals surface area contributed by atoms with Crippen molar-refractivity contribution in [2.24, 2.45) is 0 Å². The molecule has 0 unspecified atom stereocenters. The molecular weight excluding hydrogens is 293 g/mol. The van der Waals surface area contributed by atoms with Crippen molar-refractivity contribution in [3.8, 4) is 0 Å². The minimum Gasteiger partial charge on any atom is -0.378 e. The van der Waals surface area contributed by atoms with Crippen LogP contribution in [0.1, 0.15) is 0 Å². The molecule has 0 aliphatic rings. The first-order chi connectivity index (χ1) is 7.91. The fourth-order valence-corrected chi connectivity index (χ4v) is 1.59. The Morgan fingerprint density at radius 1 is 1.53 bits per heavy atom. The Balaban J connectivity index is 2.89. The van der Waals surface area contributed by atoms with Gasteiger partial charge in [-0.15, -0.1) is 0 Å². The quantitative estimate of drug-likeness (QED) is 0.670. The van der Waals surface area contributed by atoms with Gasteiger partial charge in [0, 0.05) is 13.1 Å². The molecule has 1 rings (SSSR count). The highest BCUT2D eigenvalue weighted by Gasteiger charge is 2.17. The van der Waals surface area contributed by atoms with Gasteiger partial charge in [0.25, 0.3) is 5.69 Å². The van der Waals surface area contributed by atoms with E-state index in [0.29, 0.717) is 12.2 Å². The highest BCUT2D eigenvalue weighted by Crippen LogP contribution is 2.30. The van der Waals surface area contributed by atoms with Gasteiger partial charge in [0.15, 0.2) is 0 Å². The van der Waals surface area contributed by atoms with Crippen LogP contribution >= 0.6 is 15.9 Å². The average Bonchev–Trinajstić information content (AvgIpc) is 2.22. The van der Waals surface area contributed by atoms with E-state index in [4.69, 9.17) is 0 Å². The lowest BCUT2D eigenvalue weighted by atomic mass is 10.2. The second kappa shape index (κ2) is 5.92. The zero-order chi connectivity index (χ0) is 13.0. The van der Waals surface area contributed by atoms with Crippen LogP contribution in [-0.4, -0.2) is 37.0 Å². The van der Waals surface area contributed by atoms with Gasteiger partial charge >= 0.3 is 0 Å². The van der Waals surface area contributed by atoms with Gasteiger partial charge in [0.1, 0.15) is 11.5 Å². The summed E-state index contributed by atoms with van der Waals surface area (Å²) in [5, 5.41) is 13.7. The van der Waals surface area contributed by atoms with Gasteiger partial charge in [-0.2, -0.15) is 0 Å². The minimum atomic E-state index is -0.644. The van der Waals surface area contributed by atoms with E-state index in [1.807, 2.05) is 19.0 Å². The maximum absolute atomic E-state index is 13.2. The largest absolute Gasteiger partial charge is 0.378 e. The SMILES string of the molecule is CN(C)CCNc1cc(Br)c(F)cc1[N+](=O)[O-]. The summed E-state index contributed by atoms with van der Waals surface area (Å²) in [4.78, 5) is 12.1. The number of hydrogen-bond acceptors (Lipinski definition) is 4. The smallest absolute Gasteiger partial charge is 0.295 e. The van der Waals surface area contributed by atoms with E-state index in [0.717, 1.165) is 12.6 Å². The molecule has 0 aliphatic heterocycles. The zero-order valence-corrected chi connectivity index (χ0v) is 11.1. The standard InChI is InChI=1S/C10H13BrFN3O2/c1-14(2)4-3-13-9-5-7(11)8(12)6-10(9)15(16)17/h5-6,13H,3-4H2,1-2H3. The normalized spacial score (nSPS) is 10.6. The number of nitro benzene ring substituents is 1. The number of nitrogens with zero attached hydrogens (tertiary/aromatic N) is 2. The molecule has 94 valence electrons. The summed E-state index contributed by atoms with van der Waals surface area (Å²) in [7, 11) is 3.80. The molecule has 1 aromatic carbocycles. The Morgan fingerprint density at radius 2 is 2.18 bits per heavy atom. The van der Waals surface area contributed by atoms with Crippen LogP contribution < -0.4 is 5.32 Å². The summed E-state index contributed by atoms with van der Waals surface area (Å²) < 4.78 is 13.4. The van der Waals surface area contributed by atoms with Gasteiger partial charge in [0.05, 0.1) is 15.5 Å². The number of hydrogen-bond donors (Lipinski definition) is 1. The Morgan fingerprint density at radius 3 is 2.71 bits per heavy atom. The topological polar surface area (TPSA) is 58.4 Å². The van der Waals surface area contributed by atoms with E-state index >= 15 is 0 Å². The predicted molar refractivity (Wildman–Crippen MR) is 67.8 cm³/mol. The van der Waals surface area contributed by atoms with Gasteiger partial charge < -0.3 is 10.2 Å². The first-order valence-electron chi connectivity index (χ1n) is 4.94. The van der Waals surface area contributed by atoms with Crippen LogP contribution in [-0.2, 0) is 0 Å². The maximum Gasteiger partial charge on any atom is 0.295 e. The Kier molecular flexibility index (Phi) is 4.83. The van der Waals surface area contributed by atoms with Crippen molar-refractivity contribution in [1.82, 2.24) is 4.90 Å². The van der Waals surface area contributed by atoms with Gasteiger partial charge in [-0.1, -0.05) is 0 Å². The molecule has 7 heteroatoms. The number of likely N-dealkylation sites (N-methyl/N-ethyl adjacent to an activating group) is 1. The summed E-state index contributed by atoms with van der Waals surface area (Å²) in [6, 6.07) is 2.28. The van der Waals surface area contributed by atoms with Crippen LogP contribution in [0, 0.1) is 15.9 Å². The highest BCUT2D eigenvalue weighted by molar-refractivity contribution is 9.10. The van der Waals surface area contributed by atoms with Crippen LogP contribution in [0.4, 0.5) is 15.8 Å². The molecule has 0 fully saturated rings. The average molecular weight is 306 g/mol. The van der Waals surface area contributed by atoms with E-state index in [9.17, 15) is 14.5 Å². The molecule has 0 aromatic heterocycles. The Bertz CT molecular complexity index is 426. The van der Waals surface area contributed by atoms with Gasteiger partial charge in [-0.3, -0.25) is 10.1 Å². The fraction of sp³-hybridized carbons (Fsp3) is 0.400. The van der Waals surface area contributed by atoms with E-state index in [1.165, 1.54) is 6.07 Å². The summed E-state index contributed by atoms with van der Waals surface area (Å²) in [6.45, 7) is 1.28. The molecule has 0 heterocycles. The van der Waals surface area contributed by atoms with E-state index in [-0.39, 0.29) is 10.2 Å². The molecule has 5 nitrogen and oxygen atoms in total.